The molecule has 6 heteroatoms. The maximum absolute atomic E-state index is 12.4. The van der Waals surface area contributed by atoms with Crippen LogP contribution in [-0.4, -0.2) is 22.0 Å². The summed E-state index contributed by atoms with van der Waals surface area (Å²) in [5.74, 6) is -2.56. The first-order valence-electron chi connectivity index (χ1n) is 4.07. The fourth-order valence-corrected chi connectivity index (χ4v) is 1.48. The molecule has 1 saturated carbocycles. The second-order valence-corrected chi connectivity index (χ2v) is 4.43. The second-order valence-electron chi connectivity index (χ2n) is 3.19. The Morgan fingerprint density at radius 3 is 2.43 bits per heavy atom. The van der Waals surface area contributed by atoms with Crippen LogP contribution in [0.15, 0.2) is 12.4 Å². The van der Waals surface area contributed by atoms with Crippen molar-refractivity contribution in [3.63, 3.8) is 0 Å². The monoisotopic (exact) mass is 312 g/mol. The van der Waals surface area contributed by atoms with Gasteiger partial charge in [-0.15, -0.1) is 0 Å². The van der Waals surface area contributed by atoms with E-state index in [1.165, 1.54) is 0 Å². The molecule has 3 nitrogen and oxygen atoms in total. The predicted octanol–water partition coefficient (Wildman–Crippen LogP) is 2.26. The number of rotatable bonds is 2. The highest BCUT2D eigenvalue weighted by atomic mass is 127. The van der Waals surface area contributed by atoms with E-state index in [1.54, 1.807) is 12.4 Å². The Bertz CT molecular complexity index is 323. The van der Waals surface area contributed by atoms with Gasteiger partial charge in [0.25, 0.3) is 5.92 Å². The summed E-state index contributed by atoms with van der Waals surface area (Å²) in [6, 6.07) is 0.172. The van der Waals surface area contributed by atoms with Crippen LogP contribution in [0.2, 0.25) is 0 Å². The van der Waals surface area contributed by atoms with Gasteiger partial charge in [-0.1, -0.05) is 0 Å². The number of ether oxygens (including phenoxy) is 1. The van der Waals surface area contributed by atoms with E-state index >= 15 is 0 Å². The SMILES string of the molecule is FC1(F)CC(Oc2ncc(I)cn2)C1. The number of aromatic nitrogens is 2. The van der Waals surface area contributed by atoms with Crippen molar-refractivity contribution in [3.8, 4) is 6.01 Å². The molecule has 0 saturated heterocycles. The normalized spacial score (nSPS) is 20.2. The molecule has 1 aromatic heterocycles. The van der Waals surface area contributed by atoms with E-state index in [2.05, 4.69) is 32.6 Å². The molecule has 0 aromatic carbocycles. The average molecular weight is 312 g/mol. The molecule has 2 rings (SSSR count). The summed E-state index contributed by atoms with van der Waals surface area (Å²) in [6.07, 6.45) is 2.26. The molecule has 14 heavy (non-hydrogen) atoms. The van der Waals surface area contributed by atoms with Gasteiger partial charge in [0.05, 0.1) is 0 Å². The molecule has 1 aromatic rings. The van der Waals surface area contributed by atoms with Crippen LogP contribution in [0.4, 0.5) is 8.78 Å². The lowest BCUT2D eigenvalue weighted by molar-refractivity contribution is -0.136. The fourth-order valence-electron chi connectivity index (χ4n) is 1.20. The van der Waals surface area contributed by atoms with Crippen molar-refractivity contribution in [1.29, 1.82) is 0 Å². The highest BCUT2D eigenvalue weighted by Gasteiger charge is 2.47. The summed E-state index contributed by atoms with van der Waals surface area (Å²) < 4.78 is 30.9. The van der Waals surface area contributed by atoms with Gasteiger partial charge in [0.15, 0.2) is 0 Å². The summed E-state index contributed by atoms with van der Waals surface area (Å²) >= 11 is 2.06. The van der Waals surface area contributed by atoms with Crippen molar-refractivity contribution in [1.82, 2.24) is 9.97 Å². The zero-order valence-corrected chi connectivity index (χ0v) is 9.24. The summed E-state index contributed by atoms with van der Waals surface area (Å²) in [4.78, 5) is 7.72. The van der Waals surface area contributed by atoms with Crippen LogP contribution in [0.1, 0.15) is 12.8 Å². The van der Waals surface area contributed by atoms with Crippen molar-refractivity contribution < 1.29 is 13.5 Å². The molecule has 1 heterocycles. The largest absolute Gasteiger partial charge is 0.460 e. The van der Waals surface area contributed by atoms with Gasteiger partial charge in [-0.05, 0) is 22.6 Å². The molecule has 0 N–H and O–H groups in total. The summed E-state index contributed by atoms with van der Waals surface area (Å²) in [5, 5.41) is 0. The standard InChI is InChI=1S/C8H7F2IN2O/c9-8(10)1-6(2-8)14-7-12-3-5(11)4-13-7/h3-4,6H,1-2H2. The number of nitrogens with zero attached hydrogens (tertiary/aromatic N) is 2. The zero-order valence-electron chi connectivity index (χ0n) is 7.08. The third-order valence-corrected chi connectivity index (χ3v) is 2.48. The molecule has 0 radical (unpaired) electrons. The Balaban J connectivity index is 1.90. The first-order valence-corrected chi connectivity index (χ1v) is 5.15. The molecule has 1 fully saturated rings. The van der Waals surface area contributed by atoms with Crippen molar-refractivity contribution in [3.05, 3.63) is 16.0 Å². The lowest BCUT2D eigenvalue weighted by atomic mass is 9.91. The molecule has 1 aliphatic carbocycles. The molecular formula is C8H7F2IN2O. The third kappa shape index (κ3) is 2.28. The van der Waals surface area contributed by atoms with Gasteiger partial charge >= 0.3 is 6.01 Å². The first-order chi connectivity index (χ1) is 6.55. The quantitative estimate of drug-likeness (QED) is 0.786. The van der Waals surface area contributed by atoms with Crippen molar-refractivity contribution >= 4 is 22.6 Å². The number of halogens is 3. The molecule has 0 spiro atoms. The van der Waals surface area contributed by atoms with E-state index in [0.717, 1.165) is 3.57 Å². The van der Waals surface area contributed by atoms with Gasteiger partial charge in [-0.25, -0.2) is 18.7 Å². The molecule has 1 aliphatic rings. The number of hydrogen-bond donors (Lipinski definition) is 0. The Labute approximate surface area is 93.0 Å². The highest BCUT2D eigenvalue weighted by molar-refractivity contribution is 14.1. The number of alkyl halides is 2. The Morgan fingerprint density at radius 2 is 1.93 bits per heavy atom. The molecule has 0 atom stereocenters. The Morgan fingerprint density at radius 1 is 1.36 bits per heavy atom. The van der Waals surface area contributed by atoms with Crippen LogP contribution in [0.3, 0.4) is 0 Å². The van der Waals surface area contributed by atoms with Crippen LogP contribution in [-0.2, 0) is 0 Å². The molecule has 0 unspecified atom stereocenters. The lowest BCUT2D eigenvalue weighted by Gasteiger charge is -2.33. The van der Waals surface area contributed by atoms with Crippen LogP contribution in [0, 0.1) is 3.57 Å². The summed E-state index contributed by atoms with van der Waals surface area (Å²) in [7, 11) is 0. The zero-order chi connectivity index (χ0) is 10.2. The smallest absolute Gasteiger partial charge is 0.316 e. The van der Waals surface area contributed by atoms with Crippen LogP contribution < -0.4 is 4.74 Å². The lowest BCUT2D eigenvalue weighted by Crippen LogP contribution is -2.43. The van der Waals surface area contributed by atoms with E-state index in [9.17, 15) is 8.78 Å². The maximum Gasteiger partial charge on any atom is 0.316 e. The van der Waals surface area contributed by atoms with Gasteiger partial charge < -0.3 is 4.74 Å². The Hall–Kier alpha value is -0.530. The Kier molecular flexibility index (Phi) is 2.54. The highest BCUT2D eigenvalue weighted by Crippen LogP contribution is 2.39. The fraction of sp³-hybridized carbons (Fsp3) is 0.500. The van der Waals surface area contributed by atoms with Gasteiger partial charge in [0.1, 0.15) is 6.10 Å². The summed E-state index contributed by atoms with van der Waals surface area (Å²) in [6.45, 7) is 0. The van der Waals surface area contributed by atoms with Gasteiger partial charge in [-0.3, -0.25) is 0 Å². The maximum atomic E-state index is 12.4. The third-order valence-electron chi connectivity index (χ3n) is 1.92. The van der Waals surface area contributed by atoms with Gasteiger partial charge in [0, 0.05) is 28.8 Å². The first kappa shape index (κ1) is 10.0. The molecule has 0 amide bonds. The van der Waals surface area contributed by atoms with Crippen molar-refractivity contribution in [2.24, 2.45) is 0 Å². The van der Waals surface area contributed by atoms with Crippen LogP contribution in [0.25, 0.3) is 0 Å². The van der Waals surface area contributed by atoms with Crippen molar-refractivity contribution in [2.75, 3.05) is 0 Å². The minimum absolute atomic E-state index is 0.172. The van der Waals surface area contributed by atoms with E-state index in [0.29, 0.717) is 0 Å². The summed E-state index contributed by atoms with van der Waals surface area (Å²) in [5.41, 5.74) is 0. The van der Waals surface area contributed by atoms with E-state index < -0.39 is 12.0 Å². The van der Waals surface area contributed by atoms with Crippen LogP contribution in [0.5, 0.6) is 6.01 Å². The van der Waals surface area contributed by atoms with E-state index in [-0.39, 0.29) is 18.9 Å². The topological polar surface area (TPSA) is 35.0 Å². The second kappa shape index (κ2) is 3.56. The minimum Gasteiger partial charge on any atom is -0.460 e. The van der Waals surface area contributed by atoms with Gasteiger partial charge in [-0.2, -0.15) is 0 Å². The molecule has 0 aliphatic heterocycles. The van der Waals surface area contributed by atoms with E-state index in [4.69, 9.17) is 4.74 Å². The average Bonchev–Trinajstić information content (AvgIpc) is 2.06. The van der Waals surface area contributed by atoms with Crippen molar-refractivity contribution in [2.45, 2.75) is 24.9 Å². The van der Waals surface area contributed by atoms with Crippen LogP contribution >= 0.6 is 22.6 Å². The molecule has 76 valence electrons. The number of hydrogen-bond acceptors (Lipinski definition) is 3. The molecular weight excluding hydrogens is 305 g/mol. The van der Waals surface area contributed by atoms with Gasteiger partial charge in [0.2, 0.25) is 0 Å². The minimum atomic E-state index is -2.56. The predicted molar refractivity (Wildman–Crippen MR) is 53.3 cm³/mol. The van der Waals surface area contributed by atoms with E-state index in [1.807, 2.05) is 0 Å². The molecule has 0 bridgehead atoms.